The molecule has 1 rings (SSSR count). The SMILES string of the molecule is NCCC(F)c1cc(Cl)ncc1Br. The predicted molar refractivity (Wildman–Crippen MR) is 54.5 cm³/mol. The monoisotopic (exact) mass is 266 g/mol. The number of rotatable bonds is 3. The third-order valence-electron chi connectivity index (χ3n) is 1.61. The van der Waals surface area contributed by atoms with Crippen molar-refractivity contribution in [1.29, 1.82) is 0 Å². The summed E-state index contributed by atoms with van der Waals surface area (Å²) in [4.78, 5) is 3.80. The molecule has 1 unspecified atom stereocenters. The highest BCUT2D eigenvalue weighted by Gasteiger charge is 2.13. The van der Waals surface area contributed by atoms with Crippen LogP contribution in [0, 0.1) is 0 Å². The van der Waals surface area contributed by atoms with Gasteiger partial charge in [0.05, 0.1) is 0 Å². The zero-order valence-electron chi connectivity index (χ0n) is 6.80. The highest BCUT2D eigenvalue weighted by atomic mass is 79.9. The summed E-state index contributed by atoms with van der Waals surface area (Å²) in [6.07, 6.45) is 0.694. The van der Waals surface area contributed by atoms with Gasteiger partial charge in [-0.05, 0) is 35.0 Å². The zero-order valence-corrected chi connectivity index (χ0v) is 9.15. The Kier molecular flexibility index (Phi) is 4.09. The van der Waals surface area contributed by atoms with Crippen LogP contribution in [-0.4, -0.2) is 11.5 Å². The van der Waals surface area contributed by atoms with Gasteiger partial charge in [0.1, 0.15) is 11.3 Å². The molecular formula is C8H9BrClFN2. The van der Waals surface area contributed by atoms with Crippen molar-refractivity contribution < 1.29 is 4.39 Å². The van der Waals surface area contributed by atoms with Gasteiger partial charge in [-0.3, -0.25) is 0 Å². The van der Waals surface area contributed by atoms with E-state index < -0.39 is 6.17 Å². The molecule has 0 bridgehead atoms. The molecule has 1 aromatic heterocycles. The number of hydrogen-bond acceptors (Lipinski definition) is 2. The summed E-state index contributed by atoms with van der Waals surface area (Å²) in [5, 5.41) is 0.290. The van der Waals surface area contributed by atoms with Crippen LogP contribution >= 0.6 is 27.5 Å². The van der Waals surface area contributed by atoms with Crippen molar-refractivity contribution in [3.8, 4) is 0 Å². The molecule has 0 aliphatic heterocycles. The number of nitrogens with zero attached hydrogens (tertiary/aromatic N) is 1. The molecule has 0 aliphatic rings. The molecule has 0 radical (unpaired) electrons. The Morgan fingerprint density at radius 2 is 2.38 bits per heavy atom. The normalized spacial score (nSPS) is 12.9. The Labute approximate surface area is 89.4 Å². The van der Waals surface area contributed by atoms with Crippen molar-refractivity contribution >= 4 is 27.5 Å². The standard InChI is InChI=1S/C8H9BrClFN2/c9-6-4-13-8(10)3-5(6)7(11)1-2-12/h3-4,7H,1-2,12H2. The maximum absolute atomic E-state index is 13.4. The molecule has 13 heavy (non-hydrogen) atoms. The first kappa shape index (κ1) is 10.9. The fourth-order valence-corrected chi connectivity index (χ4v) is 1.60. The fourth-order valence-electron chi connectivity index (χ4n) is 0.969. The average Bonchev–Trinajstić information content (AvgIpc) is 2.09. The van der Waals surface area contributed by atoms with Crippen molar-refractivity contribution in [2.75, 3.05) is 6.54 Å². The lowest BCUT2D eigenvalue weighted by atomic mass is 10.1. The summed E-state index contributed by atoms with van der Waals surface area (Å²) in [5.41, 5.74) is 5.76. The van der Waals surface area contributed by atoms with Crippen molar-refractivity contribution in [3.63, 3.8) is 0 Å². The first-order chi connectivity index (χ1) is 6.15. The number of nitrogens with two attached hydrogens (primary N) is 1. The van der Waals surface area contributed by atoms with Crippen LogP contribution in [0.15, 0.2) is 16.7 Å². The van der Waals surface area contributed by atoms with E-state index in [-0.39, 0.29) is 5.15 Å². The lowest BCUT2D eigenvalue weighted by Crippen LogP contribution is -2.04. The van der Waals surface area contributed by atoms with Crippen LogP contribution in [0.1, 0.15) is 18.2 Å². The molecule has 0 saturated carbocycles. The minimum atomic E-state index is -1.08. The van der Waals surface area contributed by atoms with E-state index in [1.54, 1.807) is 0 Å². The molecule has 0 amide bonds. The maximum atomic E-state index is 13.4. The van der Waals surface area contributed by atoms with Crippen molar-refractivity contribution in [1.82, 2.24) is 4.98 Å². The molecule has 72 valence electrons. The molecule has 1 aromatic rings. The van der Waals surface area contributed by atoms with Gasteiger partial charge in [-0.1, -0.05) is 11.6 Å². The number of aromatic nitrogens is 1. The van der Waals surface area contributed by atoms with Crippen LogP contribution in [0.5, 0.6) is 0 Å². The van der Waals surface area contributed by atoms with Gasteiger partial charge in [-0.2, -0.15) is 0 Å². The van der Waals surface area contributed by atoms with Crippen LogP contribution in [0.2, 0.25) is 5.15 Å². The van der Waals surface area contributed by atoms with Gasteiger partial charge in [0.25, 0.3) is 0 Å². The van der Waals surface area contributed by atoms with Crippen LogP contribution < -0.4 is 5.73 Å². The Balaban J connectivity index is 2.91. The molecule has 0 aliphatic carbocycles. The minimum absolute atomic E-state index is 0.290. The molecule has 1 heterocycles. The van der Waals surface area contributed by atoms with E-state index in [2.05, 4.69) is 20.9 Å². The van der Waals surface area contributed by atoms with Gasteiger partial charge < -0.3 is 5.73 Å². The second-order valence-electron chi connectivity index (χ2n) is 2.57. The summed E-state index contributed by atoms with van der Waals surface area (Å²) in [6.45, 7) is 0.313. The summed E-state index contributed by atoms with van der Waals surface area (Å²) < 4.78 is 14.0. The van der Waals surface area contributed by atoms with Crippen molar-refractivity contribution in [2.45, 2.75) is 12.6 Å². The van der Waals surface area contributed by atoms with Gasteiger partial charge in [-0.25, -0.2) is 9.37 Å². The zero-order chi connectivity index (χ0) is 9.84. The highest BCUT2D eigenvalue weighted by molar-refractivity contribution is 9.10. The minimum Gasteiger partial charge on any atom is -0.330 e. The van der Waals surface area contributed by atoms with Gasteiger partial charge in [-0.15, -0.1) is 0 Å². The number of alkyl halides is 1. The largest absolute Gasteiger partial charge is 0.330 e. The van der Waals surface area contributed by atoms with Crippen LogP contribution in [-0.2, 0) is 0 Å². The second kappa shape index (κ2) is 4.88. The van der Waals surface area contributed by atoms with E-state index in [0.29, 0.717) is 23.0 Å². The van der Waals surface area contributed by atoms with Crippen molar-refractivity contribution in [2.24, 2.45) is 5.73 Å². The Bertz CT molecular complexity index is 295. The maximum Gasteiger partial charge on any atom is 0.129 e. The lowest BCUT2D eigenvalue weighted by molar-refractivity contribution is 0.326. The molecule has 2 N–H and O–H groups in total. The van der Waals surface area contributed by atoms with Crippen molar-refractivity contribution in [3.05, 3.63) is 27.5 Å². The Hall–Kier alpha value is -0.190. The lowest BCUT2D eigenvalue weighted by Gasteiger charge is -2.08. The predicted octanol–water partition coefficient (Wildman–Crippen LogP) is 2.86. The topological polar surface area (TPSA) is 38.9 Å². The molecule has 2 nitrogen and oxygen atoms in total. The second-order valence-corrected chi connectivity index (χ2v) is 3.82. The van der Waals surface area contributed by atoms with Gasteiger partial charge in [0.15, 0.2) is 0 Å². The highest BCUT2D eigenvalue weighted by Crippen LogP contribution is 2.29. The van der Waals surface area contributed by atoms with E-state index in [1.165, 1.54) is 12.3 Å². The van der Waals surface area contributed by atoms with Crippen LogP contribution in [0.3, 0.4) is 0 Å². The Morgan fingerprint density at radius 3 is 3.00 bits per heavy atom. The number of hydrogen-bond donors (Lipinski definition) is 1. The summed E-state index contributed by atoms with van der Waals surface area (Å²) >= 11 is 8.83. The van der Waals surface area contributed by atoms with Gasteiger partial charge in [0.2, 0.25) is 0 Å². The number of halogens is 3. The van der Waals surface area contributed by atoms with E-state index in [4.69, 9.17) is 17.3 Å². The van der Waals surface area contributed by atoms with Gasteiger partial charge in [0, 0.05) is 16.2 Å². The third kappa shape index (κ3) is 2.90. The summed E-state index contributed by atoms with van der Waals surface area (Å²) in [7, 11) is 0. The molecular weight excluding hydrogens is 258 g/mol. The molecule has 5 heteroatoms. The third-order valence-corrected chi connectivity index (χ3v) is 2.48. The quantitative estimate of drug-likeness (QED) is 0.855. The molecule has 1 atom stereocenters. The van der Waals surface area contributed by atoms with Crippen LogP contribution in [0.4, 0.5) is 4.39 Å². The average molecular weight is 268 g/mol. The van der Waals surface area contributed by atoms with E-state index in [9.17, 15) is 4.39 Å². The molecule has 0 spiro atoms. The molecule has 0 saturated heterocycles. The fraction of sp³-hybridized carbons (Fsp3) is 0.375. The molecule has 0 fully saturated rings. The molecule has 0 aromatic carbocycles. The van der Waals surface area contributed by atoms with E-state index in [1.807, 2.05) is 0 Å². The van der Waals surface area contributed by atoms with E-state index in [0.717, 1.165) is 0 Å². The summed E-state index contributed by atoms with van der Waals surface area (Å²) in [6, 6.07) is 1.51. The first-order valence-electron chi connectivity index (χ1n) is 3.80. The van der Waals surface area contributed by atoms with Crippen LogP contribution in [0.25, 0.3) is 0 Å². The number of pyridine rings is 1. The summed E-state index contributed by atoms with van der Waals surface area (Å²) in [5.74, 6) is 0. The van der Waals surface area contributed by atoms with Gasteiger partial charge >= 0.3 is 0 Å². The first-order valence-corrected chi connectivity index (χ1v) is 4.97. The Morgan fingerprint density at radius 1 is 1.69 bits per heavy atom. The smallest absolute Gasteiger partial charge is 0.129 e. The van der Waals surface area contributed by atoms with E-state index >= 15 is 0 Å².